The summed E-state index contributed by atoms with van der Waals surface area (Å²) in [6, 6.07) is 10.1. The zero-order chi connectivity index (χ0) is 11.0. The standard InChI is InChI=1S/C13H15N3/c14-11-5-3-10-4-6-13(15-12(10)9-11)16-7-1-2-8-16/h3-6,9H,1-2,7-8,14H2. The molecule has 82 valence electrons. The van der Waals surface area contributed by atoms with Crippen LogP contribution in [0.3, 0.4) is 0 Å². The molecule has 1 aliphatic rings. The van der Waals surface area contributed by atoms with Gasteiger partial charge in [-0.1, -0.05) is 6.07 Å². The number of nitrogens with two attached hydrogens (primary N) is 1. The largest absolute Gasteiger partial charge is 0.399 e. The van der Waals surface area contributed by atoms with E-state index in [-0.39, 0.29) is 0 Å². The number of aromatic nitrogens is 1. The molecule has 1 aromatic carbocycles. The van der Waals surface area contributed by atoms with E-state index in [2.05, 4.69) is 22.0 Å². The second kappa shape index (κ2) is 3.67. The van der Waals surface area contributed by atoms with Gasteiger partial charge in [0, 0.05) is 24.2 Å². The Morgan fingerprint density at radius 3 is 2.62 bits per heavy atom. The minimum atomic E-state index is 0.776. The van der Waals surface area contributed by atoms with Crippen molar-refractivity contribution in [2.45, 2.75) is 12.8 Å². The molecular formula is C13H15N3. The first-order chi connectivity index (χ1) is 7.83. The number of benzene rings is 1. The third kappa shape index (κ3) is 1.58. The van der Waals surface area contributed by atoms with Gasteiger partial charge in [0.25, 0.3) is 0 Å². The van der Waals surface area contributed by atoms with Gasteiger partial charge in [-0.25, -0.2) is 4.98 Å². The van der Waals surface area contributed by atoms with Crippen molar-refractivity contribution in [3.05, 3.63) is 30.3 Å². The zero-order valence-electron chi connectivity index (χ0n) is 9.19. The van der Waals surface area contributed by atoms with Crippen LogP contribution in [0.4, 0.5) is 11.5 Å². The van der Waals surface area contributed by atoms with E-state index in [4.69, 9.17) is 5.73 Å². The third-order valence-corrected chi connectivity index (χ3v) is 3.13. The highest BCUT2D eigenvalue weighted by Crippen LogP contribution is 2.22. The molecule has 1 fully saturated rings. The lowest BCUT2D eigenvalue weighted by Crippen LogP contribution is -2.18. The van der Waals surface area contributed by atoms with Gasteiger partial charge in [-0.05, 0) is 37.1 Å². The summed E-state index contributed by atoms with van der Waals surface area (Å²) in [5, 5.41) is 1.15. The molecule has 2 aromatic rings. The molecule has 0 amide bonds. The van der Waals surface area contributed by atoms with Crippen LogP contribution in [0.1, 0.15) is 12.8 Å². The number of pyridine rings is 1. The van der Waals surface area contributed by atoms with Gasteiger partial charge in [0.1, 0.15) is 5.82 Å². The summed E-state index contributed by atoms with van der Waals surface area (Å²) in [7, 11) is 0. The normalized spacial score (nSPS) is 15.9. The maximum Gasteiger partial charge on any atom is 0.129 e. The molecule has 1 aliphatic heterocycles. The first-order valence-electron chi connectivity index (χ1n) is 5.74. The van der Waals surface area contributed by atoms with Crippen LogP contribution in [0.2, 0.25) is 0 Å². The average Bonchev–Trinajstić information content (AvgIpc) is 2.81. The topological polar surface area (TPSA) is 42.1 Å². The van der Waals surface area contributed by atoms with E-state index in [1.807, 2.05) is 18.2 Å². The Bertz CT molecular complexity index is 516. The van der Waals surface area contributed by atoms with Crippen molar-refractivity contribution in [3.63, 3.8) is 0 Å². The van der Waals surface area contributed by atoms with Crippen molar-refractivity contribution in [2.24, 2.45) is 0 Å². The summed E-state index contributed by atoms with van der Waals surface area (Å²) in [5.41, 5.74) is 7.54. The lowest BCUT2D eigenvalue weighted by molar-refractivity contribution is 0.944. The molecule has 2 heterocycles. The molecule has 3 nitrogen and oxygen atoms in total. The summed E-state index contributed by atoms with van der Waals surface area (Å²) in [4.78, 5) is 7.00. The first-order valence-corrected chi connectivity index (χ1v) is 5.74. The van der Waals surface area contributed by atoms with Gasteiger partial charge in [0.05, 0.1) is 5.52 Å². The number of nitrogen functional groups attached to an aromatic ring is 1. The molecular weight excluding hydrogens is 198 g/mol. The van der Waals surface area contributed by atoms with E-state index >= 15 is 0 Å². The van der Waals surface area contributed by atoms with Gasteiger partial charge in [-0.2, -0.15) is 0 Å². The van der Waals surface area contributed by atoms with Gasteiger partial charge in [-0.3, -0.25) is 0 Å². The Balaban J connectivity index is 2.07. The summed E-state index contributed by atoms with van der Waals surface area (Å²) in [6.45, 7) is 2.25. The Morgan fingerprint density at radius 2 is 1.81 bits per heavy atom. The molecule has 0 bridgehead atoms. The van der Waals surface area contributed by atoms with Crippen LogP contribution in [-0.4, -0.2) is 18.1 Å². The van der Waals surface area contributed by atoms with Crippen LogP contribution >= 0.6 is 0 Å². The second-order valence-electron chi connectivity index (χ2n) is 4.32. The molecule has 0 aliphatic carbocycles. The SMILES string of the molecule is Nc1ccc2ccc(N3CCCC3)nc2c1. The maximum atomic E-state index is 5.77. The van der Waals surface area contributed by atoms with Crippen molar-refractivity contribution in [3.8, 4) is 0 Å². The zero-order valence-corrected chi connectivity index (χ0v) is 9.19. The number of rotatable bonds is 1. The van der Waals surface area contributed by atoms with Crippen LogP contribution in [0, 0.1) is 0 Å². The minimum absolute atomic E-state index is 0.776. The molecule has 0 radical (unpaired) electrons. The van der Waals surface area contributed by atoms with Crippen LogP contribution in [0.15, 0.2) is 30.3 Å². The third-order valence-electron chi connectivity index (χ3n) is 3.13. The summed E-state index contributed by atoms with van der Waals surface area (Å²) < 4.78 is 0. The molecule has 16 heavy (non-hydrogen) atoms. The van der Waals surface area contributed by atoms with Gasteiger partial charge in [0.2, 0.25) is 0 Å². The molecule has 0 atom stereocenters. The number of hydrogen-bond donors (Lipinski definition) is 1. The van der Waals surface area contributed by atoms with Crippen molar-refractivity contribution in [1.29, 1.82) is 0 Å². The Morgan fingerprint density at radius 1 is 1.06 bits per heavy atom. The lowest BCUT2D eigenvalue weighted by Gasteiger charge is -2.16. The molecule has 2 N–H and O–H groups in total. The van der Waals surface area contributed by atoms with Crippen LogP contribution < -0.4 is 10.6 Å². The van der Waals surface area contributed by atoms with Gasteiger partial charge >= 0.3 is 0 Å². The highest BCUT2D eigenvalue weighted by Gasteiger charge is 2.13. The Hall–Kier alpha value is -1.77. The first kappa shape index (κ1) is 9.46. The van der Waals surface area contributed by atoms with Gasteiger partial charge < -0.3 is 10.6 Å². The van der Waals surface area contributed by atoms with Crippen LogP contribution in [-0.2, 0) is 0 Å². The highest BCUT2D eigenvalue weighted by molar-refractivity contribution is 5.83. The molecule has 0 spiro atoms. The molecule has 3 heteroatoms. The number of anilines is 2. The van der Waals surface area contributed by atoms with E-state index in [0.29, 0.717) is 0 Å². The second-order valence-corrected chi connectivity index (χ2v) is 4.32. The fourth-order valence-corrected chi connectivity index (χ4v) is 2.25. The van der Waals surface area contributed by atoms with Crippen molar-refractivity contribution >= 4 is 22.4 Å². The quantitative estimate of drug-likeness (QED) is 0.740. The predicted octanol–water partition coefficient (Wildman–Crippen LogP) is 2.42. The Kier molecular flexibility index (Phi) is 2.17. The fraction of sp³-hybridized carbons (Fsp3) is 0.308. The Labute approximate surface area is 94.9 Å². The molecule has 3 rings (SSSR count). The molecule has 1 aromatic heterocycles. The summed E-state index contributed by atoms with van der Waals surface area (Å²) in [5.74, 6) is 1.08. The smallest absolute Gasteiger partial charge is 0.129 e. The van der Waals surface area contributed by atoms with E-state index in [0.717, 1.165) is 35.5 Å². The summed E-state index contributed by atoms with van der Waals surface area (Å²) >= 11 is 0. The predicted molar refractivity (Wildman–Crippen MR) is 67.6 cm³/mol. The molecule has 0 unspecified atom stereocenters. The van der Waals surface area contributed by atoms with Crippen molar-refractivity contribution in [2.75, 3.05) is 23.7 Å². The van der Waals surface area contributed by atoms with Gasteiger partial charge in [-0.15, -0.1) is 0 Å². The molecule has 1 saturated heterocycles. The minimum Gasteiger partial charge on any atom is -0.399 e. The highest BCUT2D eigenvalue weighted by atomic mass is 15.2. The maximum absolute atomic E-state index is 5.77. The fourth-order valence-electron chi connectivity index (χ4n) is 2.25. The summed E-state index contributed by atoms with van der Waals surface area (Å²) in [6.07, 6.45) is 2.55. The number of hydrogen-bond acceptors (Lipinski definition) is 3. The van der Waals surface area contributed by atoms with E-state index in [1.165, 1.54) is 12.8 Å². The van der Waals surface area contributed by atoms with Gasteiger partial charge in [0.15, 0.2) is 0 Å². The molecule has 0 saturated carbocycles. The monoisotopic (exact) mass is 213 g/mol. The van der Waals surface area contributed by atoms with Crippen molar-refractivity contribution < 1.29 is 0 Å². The lowest BCUT2D eigenvalue weighted by atomic mass is 10.2. The van der Waals surface area contributed by atoms with Crippen LogP contribution in [0.25, 0.3) is 10.9 Å². The van der Waals surface area contributed by atoms with E-state index < -0.39 is 0 Å². The van der Waals surface area contributed by atoms with Crippen molar-refractivity contribution in [1.82, 2.24) is 4.98 Å². The van der Waals surface area contributed by atoms with Crippen LogP contribution in [0.5, 0.6) is 0 Å². The average molecular weight is 213 g/mol. The number of nitrogens with zero attached hydrogens (tertiary/aromatic N) is 2. The van der Waals surface area contributed by atoms with E-state index in [1.54, 1.807) is 0 Å². The number of fused-ring (bicyclic) bond motifs is 1. The van der Waals surface area contributed by atoms with E-state index in [9.17, 15) is 0 Å².